The second-order valence-corrected chi connectivity index (χ2v) is 5.05. The largest absolute Gasteiger partial charge is 0.316 e. The van der Waals surface area contributed by atoms with E-state index in [-0.39, 0.29) is 0 Å². The van der Waals surface area contributed by atoms with Crippen LogP contribution in [0.3, 0.4) is 0 Å². The number of likely N-dealkylation sites (N-methyl/N-ethyl adjacent to an activating group) is 1. The van der Waals surface area contributed by atoms with Crippen LogP contribution >= 0.6 is 11.6 Å². The highest BCUT2D eigenvalue weighted by molar-refractivity contribution is 6.31. The number of aromatic nitrogens is 2. The van der Waals surface area contributed by atoms with Gasteiger partial charge in [0.15, 0.2) is 0 Å². The lowest BCUT2D eigenvalue weighted by Crippen LogP contribution is -2.32. The van der Waals surface area contributed by atoms with Gasteiger partial charge in [-0.2, -0.15) is 5.10 Å². The predicted octanol–water partition coefficient (Wildman–Crippen LogP) is 2.71. The molecule has 4 heteroatoms. The van der Waals surface area contributed by atoms with Crippen molar-refractivity contribution in [1.29, 1.82) is 0 Å². The van der Waals surface area contributed by atoms with Crippen LogP contribution in [-0.4, -0.2) is 22.9 Å². The highest BCUT2D eigenvalue weighted by Gasteiger charge is 2.27. The minimum absolute atomic E-state index is 0.507. The summed E-state index contributed by atoms with van der Waals surface area (Å²) in [7, 11) is 4.03. The molecule has 2 unspecified atom stereocenters. The Labute approximate surface area is 102 Å². The summed E-state index contributed by atoms with van der Waals surface area (Å²) in [5.74, 6) is 0.507. The van der Waals surface area contributed by atoms with E-state index < -0.39 is 0 Å². The topological polar surface area (TPSA) is 29.9 Å². The molecule has 1 aromatic rings. The van der Waals surface area contributed by atoms with Crippen LogP contribution in [0.15, 0.2) is 6.20 Å². The third-order valence-corrected chi connectivity index (χ3v) is 3.97. The van der Waals surface area contributed by atoms with E-state index in [9.17, 15) is 0 Å². The number of hydrogen-bond donors (Lipinski definition) is 1. The van der Waals surface area contributed by atoms with Crippen LogP contribution in [0.25, 0.3) is 0 Å². The van der Waals surface area contributed by atoms with Crippen molar-refractivity contribution >= 4 is 11.6 Å². The zero-order chi connectivity index (χ0) is 11.5. The van der Waals surface area contributed by atoms with E-state index in [2.05, 4.69) is 10.4 Å². The van der Waals surface area contributed by atoms with Gasteiger partial charge in [0.05, 0.1) is 16.9 Å². The summed E-state index contributed by atoms with van der Waals surface area (Å²) >= 11 is 6.24. The van der Waals surface area contributed by atoms with Crippen molar-refractivity contribution < 1.29 is 0 Å². The number of nitrogens with zero attached hydrogens (tertiary/aromatic N) is 2. The third-order valence-electron chi connectivity index (χ3n) is 3.68. The molecule has 0 radical (unpaired) electrons. The summed E-state index contributed by atoms with van der Waals surface area (Å²) in [6, 6.07) is 0.537. The van der Waals surface area contributed by atoms with Gasteiger partial charge in [-0.15, -0.1) is 0 Å². The molecule has 0 amide bonds. The molecule has 2 atom stereocenters. The molecule has 1 N–H and O–H groups in total. The van der Waals surface area contributed by atoms with Crippen LogP contribution < -0.4 is 5.32 Å². The van der Waals surface area contributed by atoms with Gasteiger partial charge in [-0.3, -0.25) is 4.68 Å². The average molecular weight is 242 g/mol. The smallest absolute Gasteiger partial charge is 0.0821 e. The average Bonchev–Trinajstić information content (AvgIpc) is 2.52. The third kappa shape index (κ3) is 2.25. The molecule has 0 bridgehead atoms. The molecule has 1 aliphatic carbocycles. The quantitative estimate of drug-likeness (QED) is 0.807. The number of halogens is 1. The molecular weight excluding hydrogens is 222 g/mol. The maximum atomic E-state index is 6.24. The normalized spacial score (nSPS) is 26.7. The zero-order valence-electron chi connectivity index (χ0n) is 10.0. The van der Waals surface area contributed by atoms with Crippen molar-refractivity contribution in [3.63, 3.8) is 0 Å². The molecule has 0 spiro atoms. The first kappa shape index (κ1) is 11.9. The lowest BCUT2D eigenvalue weighted by atomic mass is 9.91. The Morgan fingerprint density at radius 3 is 2.75 bits per heavy atom. The highest BCUT2D eigenvalue weighted by atomic mass is 35.5. The van der Waals surface area contributed by atoms with Gasteiger partial charge in [0.25, 0.3) is 0 Å². The summed E-state index contributed by atoms with van der Waals surface area (Å²) in [6.07, 6.45) is 8.16. The molecule has 16 heavy (non-hydrogen) atoms. The van der Waals surface area contributed by atoms with Crippen molar-refractivity contribution in [2.24, 2.45) is 7.05 Å². The Kier molecular flexibility index (Phi) is 3.87. The Morgan fingerprint density at radius 1 is 1.38 bits per heavy atom. The Morgan fingerprint density at radius 2 is 2.12 bits per heavy atom. The van der Waals surface area contributed by atoms with Crippen molar-refractivity contribution in [2.75, 3.05) is 7.05 Å². The molecule has 0 aromatic carbocycles. The number of nitrogens with one attached hydrogen (secondary N) is 1. The molecule has 2 rings (SSSR count). The van der Waals surface area contributed by atoms with Crippen molar-refractivity contribution in [1.82, 2.24) is 15.1 Å². The highest BCUT2D eigenvalue weighted by Crippen LogP contribution is 2.35. The molecule has 1 aliphatic rings. The van der Waals surface area contributed by atoms with Crippen molar-refractivity contribution in [3.8, 4) is 0 Å². The van der Waals surface area contributed by atoms with Gasteiger partial charge in [0.1, 0.15) is 0 Å². The van der Waals surface area contributed by atoms with Crippen LogP contribution in [0.4, 0.5) is 0 Å². The first-order valence-corrected chi connectivity index (χ1v) is 6.46. The van der Waals surface area contributed by atoms with Crippen molar-refractivity contribution in [3.05, 3.63) is 16.9 Å². The number of aryl methyl sites for hydroxylation is 1. The van der Waals surface area contributed by atoms with Gasteiger partial charge in [0.2, 0.25) is 0 Å². The molecule has 1 aromatic heterocycles. The maximum absolute atomic E-state index is 6.24. The van der Waals surface area contributed by atoms with Gasteiger partial charge in [0, 0.05) is 19.0 Å². The van der Waals surface area contributed by atoms with Gasteiger partial charge < -0.3 is 5.32 Å². The van der Waals surface area contributed by atoms with Crippen molar-refractivity contribution in [2.45, 2.75) is 44.1 Å². The number of rotatable bonds is 2. The molecule has 3 nitrogen and oxygen atoms in total. The minimum Gasteiger partial charge on any atom is -0.316 e. The molecule has 0 aliphatic heterocycles. The molecule has 0 saturated heterocycles. The van der Waals surface area contributed by atoms with Crippen LogP contribution in [0.5, 0.6) is 0 Å². The fourth-order valence-corrected chi connectivity index (χ4v) is 3.12. The second kappa shape index (κ2) is 5.19. The van der Waals surface area contributed by atoms with E-state index in [4.69, 9.17) is 11.6 Å². The molecule has 1 heterocycles. The van der Waals surface area contributed by atoms with E-state index in [1.165, 1.54) is 37.8 Å². The van der Waals surface area contributed by atoms with Gasteiger partial charge >= 0.3 is 0 Å². The lowest BCUT2D eigenvalue weighted by Gasteiger charge is -2.25. The monoisotopic (exact) mass is 241 g/mol. The van der Waals surface area contributed by atoms with E-state index in [0.717, 1.165) is 5.02 Å². The molecule has 1 fully saturated rings. The van der Waals surface area contributed by atoms with Crippen LogP contribution in [-0.2, 0) is 7.05 Å². The van der Waals surface area contributed by atoms with Crippen LogP contribution in [0.1, 0.15) is 43.7 Å². The van der Waals surface area contributed by atoms with Crippen LogP contribution in [0, 0.1) is 0 Å². The van der Waals surface area contributed by atoms with E-state index in [0.29, 0.717) is 12.0 Å². The van der Waals surface area contributed by atoms with Gasteiger partial charge in [-0.05, 0) is 19.9 Å². The van der Waals surface area contributed by atoms with Gasteiger partial charge in [-0.25, -0.2) is 0 Å². The fourth-order valence-electron chi connectivity index (χ4n) is 2.82. The fraction of sp³-hybridized carbons (Fsp3) is 0.750. The van der Waals surface area contributed by atoms with Gasteiger partial charge in [-0.1, -0.05) is 30.9 Å². The van der Waals surface area contributed by atoms with E-state index in [1.807, 2.05) is 18.8 Å². The Bertz CT molecular complexity index is 329. The lowest BCUT2D eigenvalue weighted by molar-refractivity contribution is 0.420. The number of hydrogen-bond acceptors (Lipinski definition) is 2. The predicted molar refractivity (Wildman–Crippen MR) is 66.9 cm³/mol. The summed E-state index contributed by atoms with van der Waals surface area (Å²) in [5.41, 5.74) is 1.20. The van der Waals surface area contributed by atoms with E-state index >= 15 is 0 Å². The SMILES string of the molecule is CNC1CCCCCC1c1c(Cl)cnn1C. The minimum atomic E-state index is 0.507. The van der Waals surface area contributed by atoms with Crippen LogP contribution in [0.2, 0.25) is 5.02 Å². The first-order valence-electron chi connectivity index (χ1n) is 6.08. The van der Waals surface area contributed by atoms with E-state index in [1.54, 1.807) is 6.20 Å². The molecule has 90 valence electrons. The standard InChI is InChI=1S/C12H20ClN3/c1-14-11-7-5-3-4-6-9(11)12-10(13)8-15-16(12)2/h8-9,11,14H,3-7H2,1-2H3. The summed E-state index contributed by atoms with van der Waals surface area (Å²) in [6.45, 7) is 0. The summed E-state index contributed by atoms with van der Waals surface area (Å²) < 4.78 is 1.93. The Hall–Kier alpha value is -0.540. The zero-order valence-corrected chi connectivity index (χ0v) is 10.8. The molecule has 1 saturated carbocycles. The summed E-state index contributed by atoms with van der Waals surface area (Å²) in [5, 5.41) is 8.50. The molecular formula is C12H20ClN3. The second-order valence-electron chi connectivity index (χ2n) is 4.64. The first-order chi connectivity index (χ1) is 7.74. The Balaban J connectivity index is 2.28. The summed E-state index contributed by atoms with van der Waals surface area (Å²) in [4.78, 5) is 0. The maximum Gasteiger partial charge on any atom is 0.0821 e.